The van der Waals surface area contributed by atoms with Crippen molar-refractivity contribution in [3.05, 3.63) is 0 Å². The number of aldehydes is 1. The average molecular weight is 154 g/mol. The van der Waals surface area contributed by atoms with E-state index in [1.54, 1.807) is 0 Å². The van der Waals surface area contributed by atoms with E-state index in [4.69, 9.17) is 0 Å². The van der Waals surface area contributed by atoms with Crippen LogP contribution in [0.5, 0.6) is 0 Å². The normalized spacial score (nSPS) is 30.0. The van der Waals surface area contributed by atoms with Crippen molar-refractivity contribution in [3.63, 3.8) is 0 Å². The second-order valence-electron chi connectivity index (χ2n) is 3.99. The monoisotopic (exact) mass is 154 g/mol. The molecule has 2 heteroatoms. The fourth-order valence-electron chi connectivity index (χ4n) is 1.69. The van der Waals surface area contributed by atoms with E-state index in [0.29, 0.717) is 18.6 Å². The van der Waals surface area contributed by atoms with Gasteiger partial charge in [-0.15, -0.1) is 0 Å². The van der Waals surface area contributed by atoms with Gasteiger partial charge in [-0.05, 0) is 11.8 Å². The molecule has 0 spiro atoms. The minimum atomic E-state index is -0.100. The van der Waals surface area contributed by atoms with Crippen LogP contribution in [-0.4, -0.2) is 12.1 Å². The molecular formula is C9H14O2. The predicted molar refractivity (Wildman–Crippen MR) is 42.2 cm³/mol. The molecule has 11 heavy (non-hydrogen) atoms. The molecular weight excluding hydrogens is 140 g/mol. The summed E-state index contributed by atoms with van der Waals surface area (Å²) in [6, 6.07) is 0. The van der Waals surface area contributed by atoms with E-state index in [0.717, 1.165) is 12.7 Å². The van der Waals surface area contributed by atoms with Gasteiger partial charge in [0.25, 0.3) is 0 Å². The van der Waals surface area contributed by atoms with E-state index < -0.39 is 0 Å². The number of ketones is 1. The number of hydrogen-bond donors (Lipinski definition) is 0. The predicted octanol–water partition coefficient (Wildman–Crippen LogP) is 1.58. The summed E-state index contributed by atoms with van der Waals surface area (Å²) in [4.78, 5) is 21.6. The highest BCUT2D eigenvalue weighted by Gasteiger charge is 2.35. The zero-order valence-electron chi connectivity index (χ0n) is 7.09. The number of Topliss-reactive ketones (excluding diaryl/α,β-unsaturated/α-hetero) is 1. The molecule has 0 bridgehead atoms. The molecule has 0 unspecified atom stereocenters. The standard InChI is InChI=1S/C9H14O2/c1-9(2)5-8(11)4-3-7(9)6-10/h6-7H,3-5H2,1-2H3/t7-/m1/s1. The first kappa shape index (κ1) is 8.44. The van der Waals surface area contributed by atoms with Crippen LogP contribution in [0.25, 0.3) is 0 Å². The third kappa shape index (κ3) is 1.67. The van der Waals surface area contributed by atoms with E-state index in [9.17, 15) is 9.59 Å². The highest BCUT2D eigenvalue weighted by molar-refractivity contribution is 5.81. The van der Waals surface area contributed by atoms with E-state index in [-0.39, 0.29) is 11.3 Å². The second kappa shape index (κ2) is 2.76. The fraction of sp³-hybridized carbons (Fsp3) is 0.778. The SMILES string of the molecule is CC1(C)CC(=O)CC[C@@H]1C=O. The summed E-state index contributed by atoms with van der Waals surface area (Å²) in [5, 5.41) is 0. The summed E-state index contributed by atoms with van der Waals surface area (Å²) in [5.74, 6) is 0.383. The maximum atomic E-state index is 11.0. The van der Waals surface area contributed by atoms with Crippen LogP contribution >= 0.6 is 0 Å². The van der Waals surface area contributed by atoms with Crippen LogP contribution in [0.2, 0.25) is 0 Å². The van der Waals surface area contributed by atoms with Crippen molar-refractivity contribution in [2.75, 3.05) is 0 Å². The molecule has 0 amide bonds. The lowest BCUT2D eigenvalue weighted by molar-refractivity contribution is -0.127. The van der Waals surface area contributed by atoms with Gasteiger partial charge in [0.15, 0.2) is 0 Å². The molecule has 62 valence electrons. The quantitative estimate of drug-likeness (QED) is 0.537. The Morgan fingerprint density at radius 3 is 2.64 bits per heavy atom. The summed E-state index contributed by atoms with van der Waals surface area (Å²) < 4.78 is 0. The number of carbonyl (C=O) groups excluding carboxylic acids is 2. The first-order valence-corrected chi connectivity index (χ1v) is 4.03. The van der Waals surface area contributed by atoms with Gasteiger partial charge in [-0.2, -0.15) is 0 Å². The zero-order valence-corrected chi connectivity index (χ0v) is 7.09. The Morgan fingerprint density at radius 1 is 1.55 bits per heavy atom. The topological polar surface area (TPSA) is 34.1 Å². The highest BCUT2D eigenvalue weighted by Crippen LogP contribution is 2.37. The largest absolute Gasteiger partial charge is 0.303 e. The minimum absolute atomic E-state index is 0.0835. The van der Waals surface area contributed by atoms with Gasteiger partial charge in [0.1, 0.15) is 12.1 Å². The van der Waals surface area contributed by atoms with E-state index in [2.05, 4.69) is 0 Å². The van der Waals surface area contributed by atoms with Gasteiger partial charge in [0.2, 0.25) is 0 Å². The number of hydrogen-bond acceptors (Lipinski definition) is 2. The van der Waals surface area contributed by atoms with Crippen molar-refractivity contribution in [2.24, 2.45) is 11.3 Å². The van der Waals surface area contributed by atoms with Crippen molar-refractivity contribution in [2.45, 2.75) is 33.1 Å². The minimum Gasteiger partial charge on any atom is -0.303 e. The lowest BCUT2D eigenvalue weighted by Gasteiger charge is -2.33. The van der Waals surface area contributed by atoms with Gasteiger partial charge < -0.3 is 4.79 Å². The molecule has 0 N–H and O–H groups in total. The van der Waals surface area contributed by atoms with Gasteiger partial charge in [-0.3, -0.25) is 4.79 Å². The second-order valence-corrected chi connectivity index (χ2v) is 3.99. The van der Waals surface area contributed by atoms with Crippen molar-refractivity contribution >= 4 is 12.1 Å². The number of rotatable bonds is 1. The smallest absolute Gasteiger partial charge is 0.133 e. The maximum Gasteiger partial charge on any atom is 0.133 e. The van der Waals surface area contributed by atoms with E-state index in [1.807, 2.05) is 13.8 Å². The third-order valence-electron chi connectivity index (χ3n) is 2.56. The lowest BCUT2D eigenvalue weighted by Crippen LogP contribution is -2.33. The van der Waals surface area contributed by atoms with Crippen LogP contribution in [0.4, 0.5) is 0 Å². The van der Waals surface area contributed by atoms with Crippen LogP contribution in [0, 0.1) is 11.3 Å². The molecule has 0 aromatic carbocycles. The van der Waals surface area contributed by atoms with Gasteiger partial charge >= 0.3 is 0 Å². The van der Waals surface area contributed by atoms with Gasteiger partial charge in [0, 0.05) is 18.8 Å². The van der Waals surface area contributed by atoms with Gasteiger partial charge in [0.05, 0.1) is 0 Å². The molecule has 0 heterocycles. The Kier molecular flexibility index (Phi) is 2.12. The lowest BCUT2D eigenvalue weighted by atomic mass is 9.69. The van der Waals surface area contributed by atoms with Crippen LogP contribution in [-0.2, 0) is 9.59 Å². The van der Waals surface area contributed by atoms with Crippen LogP contribution in [0.15, 0.2) is 0 Å². The first-order chi connectivity index (χ1) is 5.06. The molecule has 1 fully saturated rings. The van der Waals surface area contributed by atoms with Crippen LogP contribution < -0.4 is 0 Å². The van der Waals surface area contributed by atoms with Crippen molar-refractivity contribution in [3.8, 4) is 0 Å². The zero-order chi connectivity index (χ0) is 8.48. The molecule has 0 aliphatic heterocycles. The van der Waals surface area contributed by atoms with Crippen molar-refractivity contribution in [1.82, 2.24) is 0 Å². The Labute approximate surface area is 67.0 Å². The summed E-state index contributed by atoms with van der Waals surface area (Å²) in [6.07, 6.45) is 2.89. The van der Waals surface area contributed by atoms with Crippen LogP contribution in [0.3, 0.4) is 0 Å². The first-order valence-electron chi connectivity index (χ1n) is 4.03. The summed E-state index contributed by atoms with van der Waals surface area (Å²) in [7, 11) is 0. The molecule has 1 aliphatic carbocycles. The number of carbonyl (C=O) groups is 2. The highest BCUT2D eigenvalue weighted by atomic mass is 16.1. The summed E-state index contributed by atoms with van der Waals surface area (Å²) in [5.41, 5.74) is -0.100. The molecule has 1 aliphatic rings. The van der Waals surface area contributed by atoms with Crippen molar-refractivity contribution < 1.29 is 9.59 Å². The van der Waals surface area contributed by atoms with E-state index in [1.165, 1.54) is 0 Å². The molecule has 0 saturated heterocycles. The molecule has 1 rings (SSSR count). The molecule has 0 aromatic rings. The molecule has 0 aromatic heterocycles. The molecule has 0 radical (unpaired) electrons. The van der Waals surface area contributed by atoms with Crippen molar-refractivity contribution in [1.29, 1.82) is 0 Å². The molecule has 2 nitrogen and oxygen atoms in total. The Balaban J connectivity index is 2.71. The molecule has 1 atom stereocenters. The average Bonchev–Trinajstić information content (AvgIpc) is 1.85. The van der Waals surface area contributed by atoms with Gasteiger partial charge in [-0.25, -0.2) is 0 Å². The Morgan fingerprint density at radius 2 is 2.18 bits per heavy atom. The maximum absolute atomic E-state index is 11.0. The summed E-state index contributed by atoms with van der Waals surface area (Å²) in [6.45, 7) is 3.98. The summed E-state index contributed by atoms with van der Waals surface area (Å²) >= 11 is 0. The fourth-order valence-corrected chi connectivity index (χ4v) is 1.69. The van der Waals surface area contributed by atoms with Gasteiger partial charge in [-0.1, -0.05) is 13.8 Å². The third-order valence-corrected chi connectivity index (χ3v) is 2.56. The Hall–Kier alpha value is -0.660. The Bertz CT molecular complexity index is 182. The van der Waals surface area contributed by atoms with Crippen LogP contribution in [0.1, 0.15) is 33.1 Å². The van der Waals surface area contributed by atoms with E-state index >= 15 is 0 Å². The molecule has 1 saturated carbocycles.